The lowest BCUT2D eigenvalue weighted by atomic mass is 10.1. The summed E-state index contributed by atoms with van der Waals surface area (Å²) >= 11 is 0. The Kier molecular flexibility index (Phi) is 5.21. The summed E-state index contributed by atoms with van der Waals surface area (Å²) in [5.41, 5.74) is 0.850. The highest BCUT2D eigenvalue weighted by Gasteiger charge is 2.30. The molecule has 1 saturated heterocycles. The van der Waals surface area contributed by atoms with Gasteiger partial charge >= 0.3 is 12.2 Å². The molecule has 140 valence electrons. The summed E-state index contributed by atoms with van der Waals surface area (Å²) in [5.74, 6) is 0. The first-order chi connectivity index (χ1) is 12.9. The van der Waals surface area contributed by atoms with Crippen molar-refractivity contribution in [2.24, 2.45) is 0 Å². The number of carbonyl (C=O) groups is 1. The number of alkyl halides is 3. The summed E-state index contributed by atoms with van der Waals surface area (Å²) in [6.45, 7) is 1.89. The minimum atomic E-state index is -4.35. The van der Waals surface area contributed by atoms with Crippen LogP contribution in [0, 0.1) is 11.3 Å². The largest absolute Gasteiger partial charge is 0.416 e. The molecule has 0 bridgehead atoms. The van der Waals surface area contributed by atoms with Crippen molar-refractivity contribution in [1.82, 2.24) is 4.90 Å². The molecular weight excluding hydrogens is 357 g/mol. The number of urea groups is 1. The van der Waals surface area contributed by atoms with Crippen molar-refractivity contribution in [1.29, 1.82) is 5.26 Å². The molecule has 1 aliphatic heterocycles. The van der Waals surface area contributed by atoms with Gasteiger partial charge in [0.25, 0.3) is 0 Å². The lowest BCUT2D eigenvalue weighted by molar-refractivity contribution is -0.137. The van der Waals surface area contributed by atoms with E-state index in [1.54, 1.807) is 29.2 Å². The molecule has 2 aromatic carbocycles. The van der Waals surface area contributed by atoms with Crippen molar-refractivity contribution < 1.29 is 18.0 Å². The van der Waals surface area contributed by atoms with Crippen molar-refractivity contribution in [2.75, 3.05) is 36.4 Å². The summed E-state index contributed by atoms with van der Waals surface area (Å²) in [4.78, 5) is 16.0. The number of carbonyl (C=O) groups excluding carboxylic acids is 1. The number of nitrogens with zero attached hydrogens (tertiary/aromatic N) is 3. The van der Waals surface area contributed by atoms with Crippen molar-refractivity contribution in [3.63, 3.8) is 0 Å². The second-order valence-electron chi connectivity index (χ2n) is 6.11. The zero-order valence-electron chi connectivity index (χ0n) is 14.3. The number of hydrogen-bond acceptors (Lipinski definition) is 3. The minimum Gasteiger partial charge on any atom is -0.368 e. The van der Waals surface area contributed by atoms with Gasteiger partial charge in [-0.2, -0.15) is 18.4 Å². The molecule has 8 heteroatoms. The Labute approximate surface area is 154 Å². The molecule has 0 radical (unpaired) electrons. The first-order valence-corrected chi connectivity index (χ1v) is 8.36. The number of rotatable bonds is 2. The molecule has 0 atom stereocenters. The lowest BCUT2D eigenvalue weighted by Crippen LogP contribution is -2.50. The van der Waals surface area contributed by atoms with Crippen LogP contribution in [0.15, 0.2) is 48.5 Å². The first-order valence-electron chi connectivity index (χ1n) is 8.36. The summed E-state index contributed by atoms with van der Waals surface area (Å²) in [7, 11) is 0. The molecule has 1 aliphatic rings. The van der Waals surface area contributed by atoms with Crippen LogP contribution in [0.3, 0.4) is 0 Å². The number of piperazine rings is 1. The topological polar surface area (TPSA) is 59.4 Å². The SMILES string of the molecule is N#Cc1ccccc1NC(=O)N1CCN(c2ccc(C(F)(F)F)cc2)CC1. The Balaban J connectivity index is 1.58. The third-order valence-electron chi connectivity index (χ3n) is 4.42. The van der Waals surface area contributed by atoms with E-state index in [4.69, 9.17) is 5.26 Å². The van der Waals surface area contributed by atoms with Crippen molar-refractivity contribution in [3.05, 3.63) is 59.7 Å². The van der Waals surface area contributed by atoms with Crippen LogP contribution in [0.5, 0.6) is 0 Å². The van der Waals surface area contributed by atoms with E-state index in [-0.39, 0.29) is 6.03 Å². The highest BCUT2D eigenvalue weighted by atomic mass is 19.4. The third kappa shape index (κ3) is 4.31. The average molecular weight is 374 g/mol. The monoisotopic (exact) mass is 374 g/mol. The van der Waals surface area contributed by atoms with Gasteiger partial charge in [-0.25, -0.2) is 4.79 Å². The molecule has 0 aromatic heterocycles. The number of halogens is 3. The third-order valence-corrected chi connectivity index (χ3v) is 4.42. The van der Waals surface area contributed by atoms with E-state index >= 15 is 0 Å². The highest BCUT2D eigenvalue weighted by Crippen LogP contribution is 2.30. The van der Waals surface area contributed by atoms with E-state index in [9.17, 15) is 18.0 Å². The number of hydrogen-bond donors (Lipinski definition) is 1. The van der Waals surface area contributed by atoms with Crippen molar-refractivity contribution in [3.8, 4) is 6.07 Å². The molecule has 2 amide bonds. The van der Waals surface area contributed by atoms with Gasteiger partial charge in [0.1, 0.15) is 6.07 Å². The molecule has 0 aliphatic carbocycles. The van der Waals surface area contributed by atoms with Crippen molar-refractivity contribution in [2.45, 2.75) is 6.18 Å². The number of para-hydroxylation sites is 1. The highest BCUT2D eigenvalue weighted by molar-refractivity contribution is 5.91. The molecule has 0 saturated carbocycles. The Morgan fingerprint density at radius 1 is 1.00 bits per heavy atom. The Morgan fingerprint density at radius 3 is 2.22 bits per heavy atom. The quantitative estimate of drug-likeness (QED) is 0.867. The lowest BCUT2D eigenvalue weighted by Gasteiger charge is -2.36. The smallest absolute Gasteiger partial charge is 0.368 e. The zero-order chi connectivity index (χ0) is 19.4. The fourth-order valence-corrected chi connectivity index (χ4v) is 2.91. The van der Waals surface area contributed by atoms with Gasteiger partial charge in [-0.05, 0) is 36.4 Å². The Hall–Kier alpha value is -3.21. The van der Waals surface area contributed by atoms with Gasteiger partial charge in [-0.1, -0.05) is 12.1 Å². The summed E-state index contributed by atoms with van der Waals surface area (Å²) in [6.07, 6.45) is -4.35. The standard InChI is InChI=1S/C19H17F3N4O/c20-19(21,22)15-5-7-16(8-6-15)25-9-11-26(12-10-25)18(27)24-17-4-2-1-3-14(17)13-23/h1-8H,9-12H2,(H,24,27). The molecule has 2 aromatic rings. The summed E-state index contributed by atoms with van der Waals surface area (Å²) in [5, 5.41) is 11.8. The van der Waals surface area contributed by atoms with E-state index in [0.717, 1.165) is 12.1 Å². The molecular formula is C19H17F3N4O. The molecule has 27 heavy (non-hydrogen) atoms. The van der Waals surface area contributed by atoms with E-state index in [0.29, 0.717) is 43.1 Å². The second-order valence-corrected chi connectivity index (χ2v) is 6.11. The molecule has 1 heterocycles. The second kappa shape index (κ2) is 7.58. The van der Waals surface area contributed by atoms with Crippen LogP contribution in [0.2, 0.25) is 0 Å². The number of nitriles is 1. The number of amides is 2. The average Bonchev–Trinajstić information content (AvgIpc) is 2.68. The Morgan fingerprint density at radius 2 is 1.63 bits per heavy atom. The number of nitrogens with one attached hydrogen (secondary N) is 1. The molecule has 1 N–H and O–H groups in total. The van der Waals surface area contributed by atoms with Crippen LogP contribution in [0.4, 0.5) is 29.3 Å². The minimum absolute atomic E-state index is 0.301. The predicted octanol–water partition coefficient (Wildman–Crippen LogP) is 3.93. The maximum Gasteiger partial charge on any atom is 0.416 e. The van der Waals surface area contributed by atoms with Crippen LogP contribution in [0.25, 0.3) is 0 Å². The Bertz CT molecular complexity index is 850. The van der Waals surface area contributed by atoms with Gasteiger partial charge in [-0.3, -0.25) is 0 Å². The van der Waals surface area contributed by atoms with Crippen LogP contribution in [-0.2, 0) is 6.18 Å². The predicted molar refractivity (Wildman–Crippen MR) is 95.4 cm³/mol. The van der Waals surface area contributed by atoms with Crippen LogP contribution in [0.1, 0.15) is 11.1 Å². The van der Waals surface area contributed by atoms with Gasteiger partial charge in [0, 0.05) is 31.9 Å². The zero-order valence-corrected chi connectivity index (χ0v) is 14.3. The number of anilines is 2. The fourth-order valence-electron chi connectivity index (χ4n) is 2.91. The molecule has 5 nitrogen and oxygen atoms in total. The molecule has 0 spiro atoms. The van der Waals surface area contributed by atoms with E-state index in [2.05, 4.69) is 5.32 Å². The van der Waals surface area contributed by atoms with E-state index < -0.39 is 11.7 Å². The fraction of sp³-hybridized carbons (Fsp3) is 0.263. The first kappa shape index (κ1) is 18.6. The maximum absolute atomic E-state index is 12.7. The van der Waals surface area contributed by atoms with Gasteiger partial charge in [0.05, 0.1) is 16.8 Å². The van der Waals surface area contributed by atoms with Gasteiger partial charge < -0.3 is 15.1 Å². The van der Waals surface area contributed by atoms with E-state index in [1.807, 2.05) is 11.0 Å². The van der Waals surface area contributed by atoms with Crippen molar-refractivity contribution >= 4 is 17.4 Å². The van der Waals surface area contributed by atoms with Gasteiger partial charge in [-0.15, -0.1) is 0 Å². The molecule has 3 rings (SSSR count). The number of benzene rings is 2. The van der Waals surface area contributed by atoms with Gasteiger partial charge in [0.2, 0.25) is 0 Å². The molecule has 1 fully saturated rings. The van der Waals surface area contributed by atoms with Gasteiger partial charge in [0.15, 0.2) is 0 Å². The normalized spacial score (nSPS) is 14.6. The molecule has 0 unspecified atom stereocenters. The summed E-state index contributed by atoms with van der Waals surface area (Å²) < 4.78 is 38.0. The maximum atomic E-state index is 12.7. The van der Waals surface area contributed by atoms with Crippen LogP contribution >= 0.6 is 0 Å². The summed E-state index contributed by atoms with van der Waals surface area (Å²) in [6, 6.07) is 13.5. The van der Waals surface area contributed by atoms with E-state index in [1.165, 1.54) is 12.1 Å². The van der Waals surface area contributed by atoms with Crippen LogP contribution < -0.4 is 10.2 Å². The van der Waals surface area contributed by atoms with Crippen LogP contribution in [-0.4, -0.2) is 37.1 Å².